The number of benzene rings is 2. The average Bonchev–Trinajstić information content (AvgIpc) is 2.47. The van der Waals surface area contributed by atoms with Crippen LogP contribution >= 0.6 is 11.6 Å². The first-order valence-electron chi connectivity index (χ1n) is 6.20. The topological polar surface area (TPSA) is 84.6 Å². The second-order valence-corrected chi connectivity index (χ2v) is 4.81. The minimum Gasteiger partial charge on any atom is -0.508 e. The SMILES string of the molecule is COc1ccc(O)c(CNc2ccc(Cl)c(C(N)=O)c2)c1. The van der Waals surface area contributed by atoms with Crippen molar-refractivity contribution in [2.75, 3.05) is 12.4 Å². The molecule has 21 heavy (non-hydrogen) atoms. The highest BCUT2D eigenvalue weighted by Crippen LogP contribution is 2.25. The van der Waals surface area contributed by atoms with Crippen LogP contribution in [0.5, 0.6) is 11.5 Å². The number of rotatable bonds is 5. The van der Waals surface area contributed by atoms with Gasteiger partial charge in [0.25, 0.3) is 0 Å². The molecule has 0 aromatic heterocycles. The number of halogens is 1. The maximum atomic E-state index is 11.2. The number of hydrogen-bond acceptors (Lipinski definition) is 4. The lowest BCUT2D eigenvalue weighted by molar-refractivity contribution is 0.100. The molecule has 0 bridgehead atoms. The Kier molecular flexibility index (Phi) is 4.55. The van der Waals surface area contributed by atoms with Crippen LogP contribution in [0.25, 0.3) is 0 Å². The number of methoxy groups -OCH3 is 1. The van der Waals surface area contributed by atoms with Crippen molar-refractivity contribution in [3.63, 3.8) is 0 Å². The van der Waals surface area contributed by atoms with Crippen LogP contribution in [-0.2, 0) is 6.54 Å². The summed E-state index contributed by atoms with van der Waals surface area (Å²) < 4.78 is 5.11. The molecule has 0 atom stereocenters. The van der Waals surface area contributed by atoms with Crippen molar-refractivity contribution < 1.29 is 14.6 Å². The van der Waals surface area contributed by atoms with E-state index in [-0.39, 0.29) is 11.3 Å². The molecule has 5 nitrogen and oxygen atoms in total. The molecule has 2 aromatic carbocycles. The van der Waals surface area contributed by atoms with Gasteiger partial charge in [0.05, 0.1) is 17.7 Å². The van der Waals surface area contributed by atoms with E-state index >= 15 is 0 Å². The molecule has 0 aliphatic carbocycles. The zero-order valence-electron chi connectivity index (χ0n) is 11.4. The number of phenols is 1. The number of nitrogens with two attached hydrogens (primary N) is 1. The van der Waals surface area contributed by atoms with Gasteiger partial charge in [0.2, 0.25) is 5.91 Å². The number of amides is 1. The predicted molar refractivity (Wildman–Crippen MR) is 82.0 cm³/mol. The summed E-state index contributed by atoms with van der Waals surface area (Å²) in [7, 11) is 1.56. The van der Waals surface area contributed by atoms with Crippen molar-refractivity contribution in [3.05, 3.63) is 52.5 Å². The quantitative estimate of drug-likeness (QED) is 0.793. The Hall–Kier alpha value is -2.40. The monoisotopic (exact) mass is 306 g/mol. The summed E-state index contributed by atoms with van der Waals surface area (Å²) in [6, 6.07) is 9.86. The number of anilines is 1. The lowest BCUT2D eigenvalue weighted by Gasteiger charge is -2.11. The number of phenolic OH excluding ortho intramolecular Hbond substituents is 1. The molecule has 110 valence electrons. The molecule has 0 aliphatic heterocycles. The number of primary amides is 1. The Labute approximate surface area is 127 Å². The Balaban J connectivity index is 2.16. The third-order valence-electron chi connectivity index (χ3n) is 3.00. The lowest BCUT2D eigenvalue weighted by Crippen LogP contribution is -2.12. The summed E-state index contributed by atoms with van der Waals surface area (Å²) in [6.45, 7) is 0.364. The van der Waals surface area contributed by atoms with Gasteiger partial charge < -0.3 is 20.9 Å². The van der Waals surface area contributed by atoms with Crippen molar-refractivity contribution in [1.29, 1.82) is 0 Å². The van der Waals surface area contributed by atoms with Crippen molar-refractivity contribution in [1.82, 2.24) is 0 Å². The maximum absolute atomic E-state index is 11.2. The molecule has 6 heteroatoms. The van der Waals surface area contributed by atoms with E-state index in [4.69, 9.17) is 22.1 Å². The van der Waals surface area contributed by atoms with Crippen molar-refractivity contribution in [2.24, 2.45) is 5.73 Å². The van der Waals surface area contributed by atoms with Gasteiger partial charge in [0.1, 0.15) is 11.5 Å². The van der Waals surface area contributed by atoms with E-state index in [9.17, 15) is 9.90 Å². The fraction of sp³-hybridized carbons (Fsp3) is 0.133. The van der Waals surface area contributed by atoms with Gasteiger partial charge in [-0.25, -0.2) is 0 Å². The van der Waals surface area contributed by atoms with E-state index in [1.54, 1.807) is 43.5 Å². The molecule has 0 radical (unpaired) electrons. The number of hydrogen-bond donors (Lipinski definition) is 3. The Morgan fingerprint density at radius 1 is 1.33 bits per heavy atom. The normalized spacial score (nSPS) is 10.2. The van der Waals surface area contributed by atoms with Crippen molar-refractivity contribution in [3.8, 4) is 11.5 Å². The molecule has 0 saturated carbocycles. The highest BCUT2D eigenvalue weighted by molar-refractivity contribution is 6.33. The molecule has 1 amide bonds. The van der Waals surface area contributed by atoms with E-state index in [1.807, 2.05) is 0 Å². The third kappa shape index (κ3) is 3.58. The van der Waals surface area contributed by atoms with Crippen LogP contribution in [0.3, 0.4) is 0 Å². The number of carbonyl (C=O) groups is 1. The highest BCUT2D eigenvalue weighted by Gasteiger charge is 2.08. The zero-order chi connectivity index (χ0) is 15.4. The molecular formula is C15H15ClN2O3. The first-order chi connectivity index (χ1) is 10.0. The van der Waals surface area contributed by atoms with Gasteiger partial charge in [-0.05, 0) is 36.4 Å². The molecular weight excluding hydrogens is 292 g/mol. The molecule has 0 aliphatic rings. The first kappa shape index (κ1) is 15.0. The van der Waals surface area contributed by atoms with E-state index < -0.39 is 5.91 Å². The largest absolute Gasteiger partial charge is 0.508 e. The molecule has 0 saturated heterocycles. The van der Waals surface area contributed by atoms with Gasteiger partial charge in [-0.1, -0.05) is 11.6 Å². The smallest absolute Gasteiger partial charge is 0.250 e. The summed E-state index contributed by atoms with van der Waals surface area (Å²) >= 11 is 5.89. The Morgan fingerprint density at radius 3 is 2.76 bits per heavy atom. The van der Waals surface area contributed by atoms with Gasteiger partial charge in [-0.15, -0.1) is 0 Å². The maximum Gasteiger partial charge on any atom is 0.250 e. The lowest BCUT2D eigenvalue weighted by atomic mass is 10.1. The first-order valence-corrected chi connectivity index (χ1v) is 6.58. The fourth-order valence-corrected chi connectivity index (χ4v) is 2.06. The van der Waals surface area contributed by atoms with Gasteiger partial charge in [0.15, 0.2) is 0 Å². The van der Waals surface area contributed by atoms with Crippen molar-refractivity contribution in [2.45, 2.75) is 6.54 Å². The van der Waals surface area contributed by atoms with Crippen LogP contribution in [0.1, 0.15) is 15.9 Å². The minimum absolute atomic E-state index is 0.160. The summed E-state index contributed by atoms with van der Waals surface area (Å²) in [5, 5.41) is 13.2. The van der Waals surface area contributed by atoms with Crippen LogP contribution in [0.4, 0.5) is 5.69 Å². The molecule has 0 unspecified atom stereocenters. The molecule has 0 spiro atoms. The van der Waals surface area contributed by atoms with Gasteiger partial charge >= 0.3 is 0 Å². The number of nitrogens with one attached hydrogen (secondary N) is 1. The summed E-state index contributed by atoms with van der Waals surface area (Å²) in [5.74, 6) is 0.221. The second-order valence-electron chi connectivity index (χ2n) is 4.41. The summed E-state index contributed by atoms with van der Waals surface area (Å²) in [6.07, 6.45) is 0. The van der Waals surface area contributed by atoms with Crippen LogP contribution in [-0.4, -0.2) is 18.1 Å². The minimum atomic E-state index is -0.590. The Morgan fingerprint density at radius 2 is 2.10 bits per heavy atom. The zero-order valence-corrected chi connectivity index (χ0v) is 12.1. The summed E-state index contributed by atoms with van der Waals surface area (Å²) in [4.78, 5) is 11.2. The van der Waals surface area contributed by atoms with Crippen LogP contribution in [0.2, 0.25) is 5.02 Å². The number of ether oxygens (including phenoxy) is 1. The summed E-state index contributed by atoms with van der Waals surface area (Å²) in [5.41, 5.74) is 6.84. The molecule has 2 aromatic rings. The van der Waals surface area contributed by atoms with E-state index in [2.05, 4.69) is 5.32 Å². The third-order valence-corrected chi connectivity index (χ3v) is 3.33. The van der Waals surface area contributed by atoms with E-state index in [0.717, 1.165) is 0 Å². The second kappa shape index (κ2) is 6.37. The molecule has 0 fully saturated rings. The predicted octanol–water partition coefficient (Wildman–Crippen LogP) is 2.77. The standard InChI is InChI=1S/C15H15ClN2O3/c1-21-11-3-5-14(19)9(6-11)8-18-10-2-4-13(16)12(7-10)15(17)20/h2-7,18-19H,8H2,1H3,(H2,17,20). The van der Waals surface area contributed by atoms with Gasteiger partial charge in [-0.3, -0.25) is 4.79 Å². The Bertz CT molecular complexity index is 674. The number of carbonyl (C=O) groups excluding carboxylic acids is 1. The van der Waals surface area contributed by atoms with Gasteiger partial charge in [-0.2, -0.15) is 0 Å². The molecule has 2 rings (SSSR count). The van der Waals surface area contributed by atoms with Gasteiger partial charge in [0, 0.05) is 17.8 Å². The number of aromatic hydroxyl groups is 1. The van der Waals surface area contributed by atoms with Crippen LogP contribution in [0, 0.1) is 0 Å². The van der Waals surface area contributed by atoms with Crippen LogP contribution < -0.4 is 15.8 Å². The highest BCUT2D eigenvalue weighted by atomic mass is 35.5. The van der Waals surface area contributed by atoms with Crippen LogP contribution in [0.15, 0.2) is 36.4 Å². The van der Waals surface area contributed by atoms with E-state index in [1.165, 1.54) is 0 Å². The molecule has 4 N–H and O–H groups in total. The average molecular weight is 307 g/mol. The molecule has 0 heterocycles. The fourth-order valence-electron chi connectivity index (χ4n) is 1.85. The van der Waals surface area contributed by atoms with E-state index in [0.29, 0.717) is 28.6 Å². The van der Waals surface area contributed by atoms with Crippen molar-refractivity contribution >= 4 is 23.2 Å².